The highest BCUT2D eigenvalue weighted by atomic mass is 32.2. The summed E-state index contributed by atoms with van der Waals surface area (Å²) in [5, 5.41) is 1.66. The number of fused-ring (bicyclic) bond motifs is 3. The van der Waals surface area contributed by atoms with Crippen molar-refractivity contribution in [1.29, 1.82) is 0 Å². The van der Waals surface area contributed by atoms with Gasteiger partial charge in [-0.2, -0.15) is 0 Å². The quantitative estimate of drug-likeness (QED) is 0.494. The monoisotopic (exact) mass is 306 g/mol. The molecular weight excluding hydrogens is 288 g/mol. The van der Waals surface area contributed by atoms with Crippen molar-refractivity contribution in [1.82, 2.24) is 9.55 Å². The Balaban J connectivity index is 2.14. The fraction of sp³-hybridized carbons (Fsp3) is 0.467. The van der Waals surface area contributed by atoms with Gasteiger partial charge in [0.15, 0.2) is 5.16 Å². The molecule has 0 saturated heterocycles. The maximum atomic E-state index is 12.6. The first-order valence-electron chi connectivity index (χ1n) is 6.86. The Morgan fingerprint density at radius 2 is 2.20 bits per heavy atom. The maximum absolute atomic E-state index is 12.6. The van der Waals surface area contributed by atoms with Crippen molar-refractivity contribution in [2.45, 2.75) is 37.8 Å². The van der Waals surface area contributed by atoms with Gasteiger partial charge in [-0.05, 0) is 38.2 Å². The summed E-state index contributed by atoms with van der Waals surface area (Å²) in [5.41, 5.74) is 2.47. The second-order valence-electron chi connectivity index (χ2n) is 5.40. The maximum Gasteiger partial charge on any atom is 0.262 e. The topological polar surface area (TPSA) is 34.9 Å². The molecule has 0 radical (unpaired) electrons. The molecule has 3 rings (SSSR count). The van der Waals surface area contributed by atoms with E-state index in [2.05, 4.69) is 6.58 Å². The van der Waals surface area contributed by atoms with E-state index in [1.807, 2.05) is 14.0 Å². The van der Waals surface area contributed by atoms with E-state index in [1.54, 1.807) is 27.7 Å². The average Bonchev–Trinajstić information content (AvgIpc) is 2.79. The molecule has 0 spiro atoms. The molecule has 0 N–H and O–H groups in total. The van der Waals surface area contributed by atoms with Crippen LogP contribution in [0.1, 0.15) is 30.2 Å². The minimum Gasteiger partial charge on any atom is -0.290 e. The number of hydrogen-bond donors (Lipinski definition) is 0. The Kier molecular flexibility index (Phi) is 3.73. The lowest BCUT2D eigenvalue weighted by atomic mass is 9.97. The summed E-state index contributed by atoms with van der Waals surface area (Å²) in [5.74, 6) is 0.802. The van der Waals surface area contributed by atoms with Gasteiger partial charge in [0, 0.05) is 17.7 Å². The number of thioether (sulfide) groups is 1. The lowest BCUT2D eigenvalue weighted by Gasteiger charge is -2.10. The molecule has 0 saturated carbocycles. The number of thiophene rings is 1. The van der Waals surface area contributed by atoms with E-state index in [1.165, 1.54) is 23.3 Å². The second kappa shape index (κ2) is 5.37. The van der Waals surface area contributed by atoms with Gasteiger partial charge in [-0.3, -0.25) is 9.36 Å². The summed E-state index contributed by atoms with van der Waals surface area (Å²) in [6.07, 6.45) is 4.56. The Morgan fingerprint density at radius 3 is 2.95 bits per heavy atom. The Bertz CT molecular complexity index is 742. The molecule has 3 nitrogen and oxygen atoms in total. The molecule has 0 bridgehead atoms. The van der Waals surface area contributed by atoms with Crippen molar-refractivity contribution in [3.05, 3.63) is 32.9 Å². The van der Waals surface area contributed by atoms with Crippen molar-refractivity contribution in [2.24, 2.45) is 7.05 Å². The van der Waals surface area contributed by atoms with Gasteiger partial charge in [0.1, 0.15) is 4.83 Å². The van der Waals surface area contributed by atoms with E-state index in [0.717, 1.165) is 39.5 Å². The fourth-order valence-corrected chi connectivity index (χ4v) is 4.70. The zero-order valence-electron chi connectivity index (χ0n) is 11.9. The molecule has 2 aromatic rings. The van der Waals surface area contributed by atoms with Gasteiger partial charge in [-0.1, -0.05) is 23.9 Å². The van der Waals surface area contributed by atoms with E-state index in [0.29, 0.717) is 0 Å². The summed E-state index contributed by atoms with van der Waals surface area (Å²) in [6, 6.07) is 0. The van der Waals surface area contributed by atoms with Gasteiger partial charge in [-0.25, -0.2) is 4.98 Å². The van der Waals surface area contributed by atoms with Crippen molar-refractivity contribution < 1.29 is 0 Å². The van der Waals surface area contributed by atoms with Gasteiger partial charge in [0.05, 0.1) is 5.39 Å². The first kappa shape index (κ1) is 13.9. The van der Waals surface area contributed by atoms with Crippen LogP contribution in [0.4, 0.5) is 0 Å². The molecule has 20 heavy (non-hydrogen) atoms. The SMILES string of the molecule is C=C(C)CSc1nc2sc3c(c2c(=O)n1C)CCCC3. The molecule has 0 aromatic carbocycles. The largest absolute Gasteiger partial charge is 0.290 e. The Labute approximate surface area is 126 Å². The second-order valence-corrected chi connectivity index (χ2v) is 7.42. The lowest BCUT2D eigenvalue weighted by molar-refractivity contribution is 0.695. The number of rotatable bonds is 3. The molecule has 106 valence electrons. The van der Waals surface area contributed by atoms with Crippen LogP contribution in [-0.2, 0) is 19.9 Å². The molecule has 0 atom stereocenters. The van der Waals surface area contributed by atoms with Crippen LogP contribution in [0.25, 0.3) is 10.2 Å². The number of aromatic nitrogens is 2. The van der Waals surface area contributed by atoms with E-state index >= 15 is 0 Å². The minimum atomic E-state index is 0.110. The Hall–Kier alpha value is -1.07. The highest BCUT2D eigenvalue weighted by Crippen LogP contribution is 2.34. The third-order valence-electron chi connectivity index (χ3n) is 3.60. The number of hydrogen-bond acceptors (Lipinski definition) is 4. The van der Waals surface area contributed by atoms with Crippen LogP contribution in [0.3, 0.4) is 0 Å². The lowest BCUT2D eigenvalue weighted by Crippen LogP contribution is -2.20. The molecule has 0 fully saturated rings. The zero-order valence-corrected chi connectivity index (χ0v) is 13.5. The summed E-state index contributed by atoms with van der Waals surface area (Å²) in [4.78, 5) is 19.6. The van der Waals surface area contributed by atoms with Gasteiger partial charge < -0.3 is 0 Å². The predicted octanol–water partition coefficient (Wildman–Crippen LogP) is 3.54. The molecule has 1 aliphatic carbocycles. The molecule has 0 unspecified atom stereocenters. The van der Waals surface area contributed by atoms with Crippen molar-refractivity contribution in [3.8, 4) is 0 Å². The molecule has 2 aromatic heterocycles. The van der Waals surface area contributed by atoms with E-state index in [4.69, 9.17) is 4.98 Å². The van der Waals surface area contributed by atoms with Crippen molar-refractivity contribution in [2.75, 3.05) is 5.75 Å². The molecule has 0 amide bonds. The summed E-state index contributed by atoms with van der Waals surface area (Å²) >= 11 is 3.30. The van der Waals surface area contributed by atoms with Crippen molar-refractivity contribution >= 4 is 33.3 Å². The van der Waals surface area contributed by atoms with Crippen LogP contribution in [0.5, 0.6) is 0 Å². The zero-order chi connectivity index (χ0) is 14.3. The third-order valence-corrected chi connectivity index (χ3v) is 6.05. The first-order valence-corrected chi connectivity index (χ1v) is 8.66. The van der Waals surface area contributed by atoms with Crippen LogP contribution in [0.2, 0.25) is 0 Å². The highest BCUT2D eigenvalue weighted by Gasteiger charge is 2.21. The fourth-order valence-electron chi connectivity index (χ4n) is 2.58. The number of aryl methyl sites for hydroxylation is 2. The van der Waals surface area contributed by atoms with Gasteiger partial charge in [0.25, 0.3) is 5.56 Å². The summed E-state index contributed by atoms with van der Waals surface area (Å²) in [6.45, 7) is 5.90. The Morgan fingerprint density at radius 1 is 1.45 bits per heavy atom. The van der Waals surface area contributed by atoms with Gasteiger partial charge >= 0.3 is 0 Å². The molecular formula is C15H18N2OS2. The minimum absolute atomic E-state index is 0.110. The molecule has 1 aliphatic rings. The van der Waals surface area contributed by atoms with Crippen LogP contribution in [0.15, 0.2) is 22.1 Å². The molecule has 2 heterocycles. The first-order chi connectivity index (χ1) is 9.58. The average molecular weight is 306 g/mol. The third kappa shape index (κ3) is 2.33. The summed E-state index contributed by atoms with van der Waals surface area (Å²) < 4.78 is 1.69. The van der Waals surface area contributed by atoms with Crippen molar-refractivity contribution in [3.63, 3.8) is 0 Å². The predicted molar refractivity (Wildman–Crippen MR) is 87.0 cm³/mol. The van der Waals surface area contributed by atoms with E-state index < -0.39 is 0 Å². The van der Waals surface area contributed by atoms with E-state index in [9.17, 15) is 4.79 Å². The molecule has 0 aliphatic heterocycles. The number of nitrogens with zero attached hydrogens (tertiary/aromatic N) is 2. The van der Waals surface area contributed by atoms with E-state index in [-0.39, 0.29) is 5.56 Å². The van der Waals surface area contributed by atoms with Crippen LogP contribution >= 0.6 is 23.1 Å². The van der Waals surface area contributed by atoms with Crippen LogP contribution in [-0.4, -0.2) is 15.3 Å². The van der Waals surface area contributed by atoms with Crippen LogP contribution in [0, 0.1) is 0 Å². The normalized spacial score (nSPS) is 14.5. The van der Waals surface area contributed by atoms with Gasteiger partial charge in [-0.15, -0.1) is 11.3 Å². The van der Waals surface area contributed by atoms with Gasteiger partial charge in [0.2, 0.25) is 0 Å². The van der Waals surface area contributed by atoms with Crippen LogP contribution < -0.4 is 5.56 Å². The standard InChI is InChI=1S/C15H18N2OS2/c1-9(2)8-19-15-16-13-12(14(18)17(15)3)10-6-4-5-7-11(10)20-13/h1,4-8H2,2-3H3. The smallest absolute Gasteiger partial charge is 0.262 e. The molecule has 5 heteroatoms. The summed E-state index contributed by atoms with van der Waals surface area (Å²) in [7, 11) is 1.82. The highest BCUT2D eigenvalue weighted by molar-refractivity contribution is 7.99.